The molecule has 1 aromatic carbocycles. The molecule has 0 aliphatic rings. The third-order valence-electron chi connectivity index (χ3n) is 1.99. The van der Waals surface area contributed by atoms with Crippen molar-refractivity contribution >= 4 is 40.2 Å². The van der Waals surface area contributed by atoms with E-state index < -0.39 is 0 Å². The van der Waals surface area contributed by atoms with Gasteiger partial charge >= 0.3 is 0 Å². The van der Waals surface area contributed by atoms with Crippen LogP contribution in [-0.2, 0) is 5.75 Å². The highest BCUT2D eigenvalue weighted by molar-refractivity contribution is 14.1. The lowest BCUT2D eigenvalue weighted by molar-refractivity contribution is 0.624. The summed E-state index contributed by atoms with van der Waals surface area (Å²) in [5, 5.41) is 0. The van der Waals surface area contributed by atoms with E-state index >= 15 is 0 Å². The predicted molar refractivity (Wildman–Crippen MR) is 75.1 cm³/mol. The van der Waals surface area contributed by atoms with E-state index in [0.29, 0.717) is 17.4 Å². The van der Waals surface area contributed by atoms with Gasteiger partial charge in [0.05, 0.1) is 9.32 Å². The maximum atomic E-state index is 12.9. The number of anilines is 1. The van der Waals surface area contributed by atoms with Gasteiger partial charge in [-0.05, 0) is 40.8 Å². The number of hydrogen-bond acceptors (Lipinski definition) is 4. The third kappa shape index (κ3) is 3.53. The molecule has 2 rings (SSSR count). The normalized spacial score (nSPS) is 10.5. The van der Waals surface area contributed by atoms with Gasteiger partial charge in [0, 0.05) is 11.1 Å². The van der Waals surface area contributed by atoms with Crippen molar-refractivity contribution in [2.24, 2.45) is 0 Å². The van der Waals surface area contributed by atoms with Crippen LogP contribution in [0.3, 0.4) is 0 Å². The summed E-state index contributed by atoms with van der Waals surface area (Å²) in [6, 6.07) is 6.44. The molecule has 0 amide bonds. The van der Waals surface area contributed by atoms with Crippen molar-refractivity contribution in [1.29, 1.82) is 0 Å². The number of nitrogen functional groups attached to an aromatic ring is 1. The van der Waals surface area contributed by atoms with Gasteiger partial charge in [0.1, 0.15) is 17.5 Å². The van der Waals surface area contributed by atoms with Crippen LogP contribution in [0.15, 0.2) is 35.4 Å². The van der Waals surface area contributed by atoms with Gasteiger partial charge in [0.15, 0.2) is 0 Å². The molecule has 0 aliphatic carbocycles. The second-order valence-corrected chi connectivity index (χ2v) is 5.48. The molecule has 2 aromatic rings. The summed E-state index contributed by atoms with van der Waals surface area (Å²) in [7, 11) is 0. The third-order valence-corrected chi connectivity index (χ3v) is 3.81. The first-order valence-corrected chi connectivity index (χ1v) is 6.87. The lowest BCUT2D eigenvalue weighted by Crippen LogP contribution is -2.00. The van der Waals surface area contributed by atoms with Crippen molar-refractivity contribution < 1.29 is 4.39 Å². The van der Waals surface area contributed by atoms with Gasteiger partial charge in [-0.25, -0.2) is 14.4 Å². The summed E-state index contributed by atoms with van der Waals surface area (Å²) in [6.07, 6.45) is 1.68. The molecule has 0 bridgehead atoms. The molecule has 17 heavy (non-hydrogen) atoms. The summed E-state index contributed by atoms with van der Waals surface area (Å²) in [5.41, 5.74) is 5.69. The number of nitrogens with two attached hydrogens (primary N) is 1. The van der Waals surface area contributed by atoms with Gasteiger partial charge in [-0.2, -0.15) is 0 Å². The molecular weight excluding hydrogens is 352 g/mol. The highest BCUT2D eigenvalue weighted by Crippen LogP contribution is 2.22. The molecule has 2 N–H and O–H groups in total. The lowest BCUT2D eigenvalue weighted by Gasteiger charge is -2.02. The van der Waals surface area contributed by atoms with E-state index in [1.54, 1.807) is 12.3 Å². The number of thioether (sulfide) groups is 1. The molecule has 1 heterocycles. The van der Waals surface area contributed by atoms with Crippen LogP contribution in [0.5, 0.6) is 0 Å². The smallest absolute Gasteiger partial charge is 0.140 e. The summed E-state index contributed by atoms with van der Waals surface area (Å²) < 4.78 is 13.8. The van der Waals surface area contributed by atoms with Gasteiger partial charge in [-0.3, -0.25) is 0 Å². The zero-order valence-electron chi connectivity index (χ0n) is 8.73. The Balaban J connectivity index is 2.05. The van der Waals surface area contributed by atoms with E-state index in [2.05, 4.69) is 32.6 Å². The monoisotopic (exact) mass is 361 g/mol. The minimum atomic E-state index is -0.238. The van der Waals surface area contributed by atoms with Crippen molar-refractivity contribution in [2.75, 3.05) is 5.73 Å². The van der Waals surface area contributed by atoms with Crippen LogP contribution in [0.25, 0.3) is 0 Å². The minimum Gasteiger partial charge on any atom is -0.383 e. The number of aromatic nitrogens is 2. The number of rotatable bonds is 3. The Kier molecular flexibility index (Phi) is 4.16. The first-order valence-electron chi connectivity index (χ1n) is 4.80. The van der Waals surface area contributed by atoms with Gasteiger partial charge in [-0.1, -0.05) is 6.07 Å². The van der Waals surface area contributed by atoms with E-state index in [4.69, 9.17) is 5.73 Å². The van der Waals surface area contributed by atoms with E-state index in [-0.39, 0.29) is 5.82 Å². The van der Waals surface area contributed by atoms with Crippen LogP contribution in [-0.4, -0.2) is 9.97 Å². The molecule has 0 atom stereocenters. The maximum absolute atomic E-state index is 12.9. The van der Waals surface area contributed by atoms with Crippen LogP contribution in [0.2, 0.25) is 0 Å². The summed E-state index contributed by atoms with van der Waals surface area (Å²) >= 11 is 3.56. The molecule has 0 aliphatic heterocycles. The largest absolute Gasteiger partial charge is 0.383 e. The molecule has 0 unspecified atom stereocenters. The second kappa shape index (κ2) is 5.63. The average molecular weight is 361 g/mol. The standard InChI is InChI=1S/C11H9FIN3S/c12-7-2-1-3-8(4-7)17-6-10-15-5-9(13)11(14)16-10/h1-5H,6H2,(H2,14,15,16). The Hall–Kier alpha value is -0.890. The Morgan fingerprint density at radius 2 is 2.24 bits per heavy atom. The van der Waals surface area contributed by atoms with Crippen molar-refractivity contribution in [3.05, 3.63) is 45.7 Å². The highest BCUT2D eigenvalue weighted by atomic mass is 127. The molecule has 0 radical (unpaired) electrons. The number of nitrogens with zero attached hydrogens (tertiary/aromatic N) is 2. The van der Waals surface area contributed by atoms with Crippen LogP contribution >= 0.6 is 34.4 Å². The number of benzene rings is 1. The van der Waals surface area contributed by atoms with Crippen molar-refractivity contribution in [3.63, 3.8) is 0 Å². The van der Waals surface area contributed by atoms with Crippen molar-refractivity contribution in [2.45, 2.75) is 10.6 Å². The fourth-order valence-corrected chi connectivity index (χ4v) is 2.26. The molecule has 1 aromatic heterocycles. The Labute approximate surface area is 116 Å². The number of hydrogen-bond donors (Lipinski definition) is 1. The first kappa shape index (κ1) is 12.6. The Bertz CT molecular complexity index is 536. The van der Waals surface area contributed by atoms with E-state index in [1.165, 1.54) is 23.9 Å². The van der Waals surface area contributed by atoms with Crippen LogP contribution in [0, 0.1) is 9.39 Å². The van der Waals surface area contributed by atoms with E-state index in [9.17, 15) is 4.39 Å². The molecule has 0 spiro atoms. The van der Waals surface area contributed by atoms with Gasteiger partial charge < -0.3 is 5.73 Å². The molecule has 0 saturated heterocycles. The summed E-state index contributed by atoms with van der Waals surface area (Å²) in [4.78, 5) is 9.17. The first-order chi connectivity index (χ1) is 8.15. The molecule has 0 saturated carbocycles. The van der Waals surface area contributed by atoms with Gasteiger partial charge in [0.25, 0.3) is 0 Å². The molecular formula is C11H9FIN3S. The predicted octanol–water partition coefficient (Wildman–Crippen LogP) is 3.09. The fourth-order valence-electron chi connectivity index (χ4n) is 1.19. The SMILES string of the molecule is Nc1nc(CSc2cccc(F)c2)ncc1I. The lowest BCUT2D eigenvalue weighted by atomic mass is 10.4. The fraction of sp³-hybridized carbons (Fsp3) is 0.0909. The zero-order chi connectivity index (χ0) is 12.3. The molecule has 0 fully saturated rings. The summed E-state index contributed by atoms with van der Waals surface area (Å²) in [6.45, 7) is 0. The van der Waals surface area contributed by atoms with Gasteiger partial charge in [0.2, 0.25) is 0 Å². The Morgan fingerprint density at radius 3 is 2.94 bits per heavy atom. The Morgan fingerprint density at radius 1 is 1.41 bits per heavy atom. The maximum Gasteiger partial charge on any atom is 0.140 e. The molecule has 88 valence electrons. The van der Waals surface area contributed by atoms with Crippen LogP contribution in [0.1, 0.15) is 5.82 Å². The molecule has 3 nitrogen and oxygen atoms in total. The van der Waals surface area contributed by atoms with Crippen LogP contribution < -0.4 is 5.73 Å². The topological polar surface area (TPSA) is 51.8 Å². The summed E-state index contributed by atoms with van der Waals surface area (Å²) in [5.74, 6) is 1.47. The second-order valence-electron chi connectivity index (χ2n) is 3.27. The van der Waals surface area contributed by atoms with E-state index in [1.807, 2.05) is 6.07 Å². The van der Waals surface area contributed by atoms with E-state index in [0.717, 1.165) is 8.47 Å². The van der Waals surface area contributed by atoms with Gasteiger partial charge in [-0.15, -0.1) is 11.8 Å². The zero-order valence-corrected chi connectivity index (χ0v) is 11.7. The number of halogens is 2. The van der Waals surface area contributed by atoms with Crippen molar-refractivity contribution in [1.82, 2.24) is 9.97 Å². The van der Waals surface area contributed by atoms with Crippen molar-refractivity contribution in [3.8, 4) is 0 Å². The average Bonchev–Trinajstić information content (AvgIpc) is 2.31. The highest BCUT2D eigenvalue weighted by Gasteiger charge is 2.03. The molecule has 6 heteroatoms. The van der Waals surface area contributed by atoms with Crippen LogP contribution in [0.4, 0.5) is 10.2 Å². The quantitative estimate of drug-likeness (QED) is 0.674. The minimum absolute atomic E-state index is 0.238.